The molecule has 1 rings (SSSR count). The summed E-state index contributed by atoms with van der Waals surface area (Å²) in [7, 11) is 0. The normalized spacial score (nSPS) is 12.9. The van der Waals surface area contributed by atoms with Crippen LogP contribution in [0.4, 0.5) is 0 Å². The van der Waals surface area contributed by atoms with Gasteiger partial charge in [0.1, 0.15) is 11.8 Å². The smallest absolute Gasteiger partial charge is 0.325 e. The Kier molecular flexibility index (Phi) is 1.96. The standard InChI is InChI=1S/C7H9NO3/c1-4-5(2-3-11-4)6(8)7(9)10/h2-3,6H,8H2,1H3,(H,9,10). The number of carbonyl (C=O) groups is 1. The van der Waals surface area contributed by atoms with Crippen molar-refractivity contribution in [3.63, 3.8) is 0 Å². The zero-order valence-electron chi connectivity index (χ0n) is 6.07. The molecule has 0 amide bonds. The van der Waals surface area contributed by atoms with Gasteiger partial charge in [0.15, 0.2) is 0 Å². The quantitative estimate of drug-likeness (QED) is 0.658. The highest BCUT2D eigenvalue weighted by Crippen LogP contribution is 2.15. The predicted octanol–water partition coefficient (Wildman–Crippen LogP) is 0.672. The van der Waals surface area contributed by atoms with Gasteiger partial charge in [0.05, 0.1) is 6.26 Å². The first-order valence-corrected chi connectivity index (χ1v) is 3.15. The van der Waals surface area contributed by atoms with E-state index in [9.17, 15) is 4.79 Å². The zero-order chi connectivity index (χ0) is 8.43. The lowest BCUT2D eigenvalue weighted by Gasteiger charge is -2.02. The van der Waals surface area contributed by atoms with Gasteiger partial charge in [-0.15, -0.1) is 0 Å². The van der Waals surface area contributed by atoms with Crippen LogP contribution in [-0.2, 0) is 4.79 Å². The van der Waals surface area contributed by atoms with E-state index in [1.165, 1.54) is 6.26 Å². The van der Waals surface area contributed by atoms with Crippen molar-refractivity contribution in [1.82, 2.24) is 0 Å². The maximum atomic E-state index is 10.4. The summed E-state index contributed by atoms with van der Waals surface area (Å²) < 4.78 is 4.89. The van der Waals surface area contributed by atoms with Gasteiger partial charge in [-0.1, -0.05) is 0 Å². The Bertz CT molecular complexity index is 266. The molecule has 0 bridgehead atoms. The third-order valence-corrected chi connectivity index (χ3v) is 1.50. The number of carboxylic acid groups (broad SMARTS) is 1. The minimum absolute atomic E-state index is 0.525. The number of carboxylic acids is 1. The Morgan fingerprint density at radius 2 is 2.45 bits per heavy atom. The summed E-state index contributed by atoms with van der Waals surface area (Å²) in [5.74, 6) is -0.491. The van der Waals surface area contributed by atoms with Crippen LogP contribution in [0, 0.1) is 6.92 Å². The van der Waals surface area contributed by atoms with Crippen LogP contribution in [0.1, 0.15) is 17.4 Å². The van der Waals surface area contributed by atoms with E-state index in [1.54, 1.807) is 13.0 Å². The third-order valence-electron chi connectivity index (χ3n) is 1.50. The van der Waals surface area contributed by atoms with E-state index >= 15 is 0 Å². The number of hydrogen-bond donors (Lipinski definition) is 2. The van der Waals surface area contributed by atoms with Crippen molar-refractivity contribution in [1.29, 1.82) is 0 Å². The van der Waals surface area contributed by atoms with Crippen LogP contribution in [-0.4, -0.2) is 11.1 Å². The van der Waals surface area contributed by atoms with Crippen LogP contribution in [0.15, 0.2) is 16.7 Å². The van der Waals surface area contributed by atoms with E-state index in [-0.39, 0.29) is 0 Å². The lowest BCUT2D eigenvalue weighted by Crippen LogP contribution is -2.20. The Morgan fingerprint density at radius 1 is 1.82 bits per heavy atom. The first-order chi connectivity index (χ1) is 5.13. The predicted molar refractivity (Wildman–Crippen MR) is 38.0 cm³/mol. The van der Waals surface area contributed by atoms with E-state index in [1.807, 2.05) is 0 Å². The molecule has 0 aliphatic rings. The van der Waals surface area contributed by atoms with E-state index in [4.69, 9.17) is 15.3 Å². The maximum Gasteiger partial charge on any atom is 0.325 e. The number of hydrogen-bond acceptors (Lipinski definition) is 3. The summed E-state index contributed by atoms with van der Waals surface area (Å²) in [5, 5.41) is 8.51. The molecule has 1 heterocycles. The molecule has 11 heavy (non-hydrogen) atoms. The fourth-order valence-corrected chi connectivity index (χ4v) is 0.850. The lowest BCUT2D eigenvalue weighted by molar-refractivity contribution is -0.138. The van der Waals surface area contributed by atoms with Crippen molar-refractivity contribution >= 4 is 5.97 Å². The zero-order valence-corrected chi connectivity index (χ0v) is 6.07. The van der Waals surface area contributed by atoms with Crippen molar-refractivity contribution in [2.24, 2.45) is 5.73 Å². The second-order valence-corrected chi connectivity index (χ2v) is 2.25. The van der Waals surface area contributed by atoms with E-state index in [2.05, 4.69) is 0 Å². The number of furan rings is 1. The molecule has 0 fully saturated rings. The Balaban J connectivity index is 2.92. The summed E-state index contributed by atoms with van der Waals surface area (Å²) >= 11 is 0. The van der Waals surface area contributed by atoms with Gasteiger partial charge in [-0.05, 0) is 13.0 Å². The van der Waals surface area contributed by atoms with Gasteiger partial charge < -0.3 is 15.3 Å². The van der Waals surface area contributed by atoms with Gasteiger partial charge in [0, 0.05) is 5.56 Å². The molecular formula is C7H9NO3. The van der Waals surface area contributed by atoms with Gasteiger partial charge in [-0.2, -0.15) is 0 Å². The number of nitrogens with two attached hydrogens (primary N) is 1. The van der Waals surface area contributed by atoms with E-state index in [0.29, 0.717) is 11.3 Å². The molecule has 60 valence electrons. The Hall–Kier alpha value is -1.29. The Morgan fingerprint density at radius 3 is 2.82 bits per heavy atom. The van der Waals surface area contributed by atoms with Crippen LogP contribution in [0.3, 0.4) is 0 Å². The molecule has 4 heteroatoms. The van der Waals surface area contributed by atoms with Crippen LogP contribution in [0.2, 0.25) is 0 Å². The first-order valence-electron chi connectivity index (χ1n) is 3.15. The molecule has 1 aromatic heterocycles. The minimum Gasteiger partial charge on any atom is -0.480 e. The fraction of sp³-hybridized carbons (Fsp3) is 0.286. The highest BCUT2D eigenvalue weighted by atomic mass is 16.4. The number of aliphatic carboxylic acids is 1. The molecule has 0 saturated heterocycles. The molecule has 0 aliphatic carbocycles. The van der Waals surface area contributed by atoms with Crippen molar-refractivity contribution in [2.45, 2.75) is 13.0 Å². The molecular weight excluding hydrogens is 146 g/mol. The van der Waals surface area contributed by atoms with Gasteiger partial charge in [-0.25, -0.2) is 0 Å². The highest BCUT2D eigenvalue weighted by Gasteiger charge is 2.17. The number of aryl methyl sites for hydroxylation is 1. The molecule has 1 atom stereocenters. The van der Waals surface area contributed by atoms with Crippen LogP contribution in [0.5, 0.6) is 0 Å². The van der Waals surface area contributed by atoms with Gasteiger partial charge in [-0.3, -0.25) is 4.79 Å². The van der Waals surface area contributed by atoms with Gasteiger partial charge in [0.2, 0.25) is 0 Å². The SMILES string of the molecule is Cc1occc1C(N)C(=O)O. The molecule has 0 spiro atoms. The summed E-state index contributed by atoms with van der Waals surface area (Å²) in [6, 6.07) is 0.586. The van der Waals surface area contributed by atoms with Crippen LogP contribution >= 0.6 is 0 Å². The molecule has 0 aromatic carbocycles. The van der Waals surface area contributed by atoms with Gasteiger partial charge in [0.25, 0.3) is 0 Å². The summed E-state index contributed by atoms with van der Waals surface area (Å²) in [4.78, 5) is 10.4. The monoisotopic (exact) mass is 155 g/mol. The van der Waals surface area contributed by atoms with Crippen LogP contribution in [0.25, 0.3) is 0 Å². The molecule has 1 unspecified atom stereocenters. The lowest BCUT2D eigenvalue weighted by atomic mass is 10.1. The van der Waals surface area contributed by atoms with Gasteiger partial charge >= 0.3 is 5.97 Å². The minimum atomic E-state index is -1.05. The van der Waals surface area contributed by atoms with E-state index < -0.39 is 12.0 Å². The van der Waals surface area contributed by atoms with Crippen molar-refractivity contribution < 1.29 is 14.3 Å². The molecule has 0 radical (unpaired) electrons. The maximum absolute atomic E-state index is 10.4. The summed E-state index contributed by atoms with van der Waals surface area (Å²) in [6.07, 6.45) is 1.42. The average molecular weight is 155 g/mol. The average Bonchev–Trinajstić information content (AvgIpc) is 2.33. The molecule has 1 aromatic rings. The molecule has 3 N–H and O–H groups in total. The summed E-state index contributed by atoms with van der Waals surface area (Å²) in [5.41, 5.74) is 5.85. The number of rotatable bonds is 2. The largest absolute Gasteiger partial charge is 0.480 e. The Labute approximate surface area is 63.6 Å². The highest BCUT2D eigenvalue weighted by molar-refractivity contribution is 5.75. The van der Waals surface area contributed by atoms with Crippen molar-refractivity contribution in [3.8, 4) is 0 Å². The second kappa shape index (κ2) is 2.75. The topological polar surface area (TPSA) is 76.5 Å². The van der Waals surface area contributed by atoms with Crippen molar-refractivity contribution in [2.75, 3.05) is 0 Å². The molecule has 4 nitrogen and oxygen atoms in total. The second-order valence-electron chi connectivity index (χ2n) is 2.25. The van der Waals surface area contributed by atoms with Crippen molar-refractivity contribution in [3.05, 3.63) is 23.7 Å². The third kappa shape index (κ3) is 1.40. The molecule has 0 aliphatic heterocycles. The van der Waals surface area contributed by atoms with Crippen LogP contribution < -0.4 is 5.73 Å². The molecule has 0 saturated carbocycles. The first kappa shape index (κ1) is 7.81. The fourth-order valence-electron chi connectivity index (χ4n) is 0.850. The summed E-state index contributed by atoms with van der Waals surface area (Å²) in [6.45, 7) is 1.68. The van der Waals surface area contributed by atoms with E-state index in [0.717, 1.165) is 0 Å².